The van der Waals surface area contributed by atoms with Crippen LogP contribution < -0.4 is 15.4 Å². The molecule has 172 valence electrons. The topological polar surface area (TPSA) is 118 Å². The van der Waals surface area contributed by atoms with Crippen molar-refractivity contribution in [3.63, 3.8) is 0 Å². The van der Waals surface area contributed by atoms with Crippen molar-refractivity contribution in [3.05, 3.63) is 108 Å². The first-order chi connectivity index (χ1) is 16.3. The van der Waals surface area contributed by atoms with Gasteiger partial charge >= 0.3 is 0 Å². The number of halogens is 1. The first-order valence-corrected chi connectivity index (χ1v) is 11.4. The molecule has 0 spiro atoms. The third kappa shape index (κ3) is 5.48. The normalized spacial score (nSPS) is 11.0. The van der Waals surface area contributed by atoms with Crippen LogP contribution in [0.15, 0.2) is 101 Å². The van der Waals surface area contributed by atoms with Gasteiger partial charge in [-0.2, -0.15) is 0 Å². The molecule has 0 aliphatic rings. The summed E-state index contributed by atoms with van der Waals surface area (Å²) in [7, 11) is -3.88. The fourth-order valence-electron chi connectivity index (χ4n) is 2.96. The Morgan fingerprint density at radius 3 is 1.85 bits per heavy atom. The minimum atomic E-state index is -3.88. The van der Waals surface area contributed by atoms with Crippen LogP contribution in [0.1, 0.15) is 20.9 Å². The summed E-state index contributed by atoms with van der Waals surface area (Å²) in [5, 5.41) is 5.37. The predicted octanol–water partition coefficient (Wildman–Crippen LogP) is 4.72. The summed E-state index contributed by atoms with van der Waals surface area (Å²) in [4.78, 5) is 24.4. The van der Waals surface area contributed by atoms with Gasteiger partial charge in [-0.3, -0.25) is 14.3 Å². The maximum Gasteiger partial charge on any atom is 0.291 e. The number of nitrogens with one attached hydrogen (secondary N) is 3. The molecule has 0 radical (unpaired) electrons. The van der Waals surface area contributed by atoms with Crippen LogP contribution in [0.5, 0.6) is 0 Å². The van der Waals surface area contributed by atoms with Crippen molar-refractivity contribution >= 4 is 38.9 Å². The van der Waals surface area contributed by atoms with Gasteiger partial charge in [0.2, 0.25) is 0 Å². The molecule has 1 heterocycles. The van der Waals surface area contributed by atoms with E-state index in [9.17, 15) is 22.4 Å². The second kappa shape index (κ2) is 9.59. The van der Waals surface area contributed by atoms with Gasteiger partial charge in [0.25, 0.3) is 21.8 Å². The highest BCUT2D eigenvalue weighted by molar-refractivity contribution is 7.92. The van der Waals surface area contributed by atoms with Crippen molar-refractivity contribution in [2.24, 2.45) is 0 Å². The maximum absolute atomic E-state index is 13.0. The van der Waals surface area contributed by atoms with Gasteiger partial charge in [0.15, 0.2) is 5.76 Å². The molecule has 34 heavy (non-hydrogen) atoms. The van der Waals surface area contributed by atoms with Crippen molar-refractivity contribution in [1.82, 2.24) is 0 Å². The number of carbonyl (C=O) groups is 2. The first-order valence-electron chi connectivity index (χ1n) is 9.95. The van der Waals surface area contributed by atoms with E-state index in [-0.39, 0.29) is 22.3 Å². The third-order valence-electron chi connectivity index (χ3n) is 4.67. The number of carbonyl (C=O) groups excluding carboxylic acids is 2. The molecule has 3 aromatic carbocycles. The molecule has 0 bridgehead atoms. The first kappa shape index (κ1) is 22.7. The lowest BCUT2D eigenvalue weighted by Crippen LogP contribution is -2.14. The Morgan fingerprint density at radius 1 is 0.706 bits per heavy atom. The van der Waals surface area contributed by atoms with Gasteiger partial charge < -0.3 is 15.1 Å². The molecule has 0 atom stereocenters. The van der Waals surface area contributed by atoms with Crippen molar-refractivity contribution in [2.75, 3.05) is 15.4 Å². The molecule has 1 aromatic heterocycles. The Morgan fingerprint density at radius 2 is 1.26 bits per heavy atom. The van der Waals surface area contributed by atoms with Crippen molar-refractivity contribution in [1.29, 1.82) is 0 Å². The summed E-state index contributed by atoms with van der Waals surface area (Å²) in [5.74, 6) is -1.15. The zero-order valence-corrected chi connectivity index (χ0v) is 18.3. The van der Waals surface area contributed by atoms with E-state index in [1.165, 1.54) is 36.6 Å². The summed E-state index contributed by atoms with van der Waals surface area (Å²) in [5.41, 5.74) is 1.58. The number of hydrogen-bond acceptors (Lipinski definition) is 5. The number of amides is 2. The average molecular weight is 479 g/mol. The average Bonchev–Trinajstić information content (AvgIpc) is 3.36. The SMILES string of the molecule is O=C(Nc1ccc(NS(=O)(=O)c2ccc(F)cc2)cc1)c1ccc(NC(=O)c2ccco2)cc1. The standard InChI is InChI=1S/C24H18FN3O5S/c25-17-5-13-21(14-6-17)34(31,32)28-20-11-9-19(10-12-20)26-23(29)16-3-7-18(8-4-16)27-24(30)22-2-1-15-33-22/h1-15,28H,(H,26,29)(H,27,30). The zero-order valence-electron chi connectivity index (χ0n) is 17.5. The fourth-order valence-corrected chi connectivity index (χ4v) is 4.02. The molecule has 8 nitrogen and oxygen atoms in total. The Labute approximate surface area is 194 Å². The molecule has 4 aromatic rings. The summed E-state index contributed by atoms with van der Waals surface area (Å²) < 4.78 is 45.2. The van der Waals surface area contributed by atoms with Gasteiger partial charge in [-0.25, -0.2) is 12.8 Å². The molecule has 10 heteroatoms. The molecule has 0 unspecified atom stereocenters. The molecule has 0 aliphatic carbocycles. The minimum absolute atomic E-state index is 0.0740. The van der Waals surface area contributed by atoms with Crippen LogP contribution in [0.2, 0.25) is 0 Å². The number of furan rings is 1. The number of rotatable bonds is 7. The van der Waals surface area contributed by atoms with Gasteiger partial charge in [0.05, 0.1) is 11.2 Å². The fraction of sp³-hybridized carbons (Fsp3) is 0. The van der Waals surface area contributed by atoms with Crippen LogP contribution >= 0.6 is 0 Å². The second-order valence-corrected chi connectivity index (χ2v) is 8.78. The zero-order chi connectivity index (χ0) is 24.1. The minimum Gasteiger partial charge on any atom is -0.459 e. The lowest BCUT2D eigenvalue weighted by Gasteiger charge is -2.10. The Hall–Kier alpha value is -4.44. The highest BCUT2D eigenvalue weighted by atomic mass is 32.2. The van der Waals surface area contributed by atoms with E-state index in [2.05, 4.69) is 15.4 Å². The van der Waals surface area contributed by atoms with Gasteiger partial charge in [-0.05, 0) is 84.9 Å². The number of sulfonamides is 1. The Kier molecular flexibility index (Phi) is 6.42. The highest BCUT2D eigenvalue weighted by Crippen LogP contribution is 2.20. The van der Waals surface area contributed by atoms with E-state index in [0.29, 0.717) is 16.9 Å². The number of hydrogen-bond donors (Lipinski definition) is 3. The molecule has 0 aliphatic heterocycles. The van der Waals surface area contributed by atoms with Gasteiger partial charge in [-0.1, -0.05) is 0 Å². The van der Waals surface area contributed by atoms with Crippen LogP contribution in [0.3, 0.4) is 0 Å². The lowest BCUT2D eigenvalue weighted by atomic mass is 10.2. The maximum atomic E-state index is 13.0. The van der Waals surface area contributed by atoms with Crippen LogP contribution in [0, 0.1) is 5.82 Å². The molecule has 3 N–H and O–H groups in total. The monoisotopic (exact) mass is 479 g/mol. The van der Waals surface area contributed by atoms with Gasteiger partial charge in [0.1, 0.15) is 5.82 Å². The van der Waals surface area contributed by atoms with Crippen molar-refractivity contribution < 1.29 is 26.8 Å². The smallest absolute Gasteiger partial charge is 0.291 e. The Bertz CT molecular complexity index is 1400. The number of anilines is 3. The van der Waals surface area contributed by atoms with E-state index in [1.54, 1.807) is 42.5 Å². The van der Waals surface area contributed by atoms with E-state index in [4.69, 9.17) is 4.42 Å². The van der Waals surface area contributed by atoms with E-state index in [0.717, 1.165) is 12.1 Å². The van der Waals surface area contributed by atoms with Crippen molar-refractivity contribution in [3.8, 4) is 0 Å². The molecule has 0 fully saturated rings. The second-order valence-electron chi connectivity index (χ2n) is 7.10. The molecule has 2 amide bonds. The molecule has 0 saturated heterocycles. The van der Waals surface area contributed by atoms with Crippen LogP contribution in [0.4, 0.5) is 21.5 Å². The lowest BCUT2D eigenvalue weighted by molar-refractivity contribution is 0.0995. The van der Waals surface area contributed by atoms with Crippen molar-refractivity contribution in [2.45, 2.75) is 4.90 Å². The van der Waals surface area contributed by atoms with Crippen LogP contribution in [-0.4, -0.2) is 20.2 Å². The third-order valence-corrected chi connectivity index (χ3v) is 6.07. The quantitative estimate of drug-likeness (QED) is 0.354. The summed E-state index contributed by atoms with van der Waals surface area (Å²) >= 11 is 0. The highest BCUT2D eigenvalue weighted by Gasteiger charge is 2.14. The van der Waals surface area contributed by atoms with E-state index in [1.807, 2.05) is 0 Å². The molecular weight excluding hydrogens is 461 g/mol. The number of benzene rings is 3. The van der Waals surface area contributed by atoms with Crippen LogP contribution in [-0.2, 0) is 10.0 Å². The van der Waals surface area contributed by atoms with Gasteiger partial charge in [-0.15, -0.1) is 0 Å². The molecule has 0 saturated carbocycles. The van der Waals surface area contributed by atoms with E-state index >= 15 is 0 Å². The molecular formula is C24H18FN3O5S. The molecule has 4 rings (SSSR count). The van der Waals surface area contributed by atoms with Crippen LogP contribution in [0.25, 0.3) is 0 Å². The summed E-state index contributed by atoms with van der Waals surface area (Å²) in [6.07, 6.45) is 1.40. The Balaban J connectivity index is 1.36. The summed E-state index contributed by atoms with van der Waals surface area (Å²) in [6.45, 7) is 0. The van der Waals surface area contributed by atoms with E-state index < -0.39 is 21.7 Å². The van der Waals surface area contributed by atoms with Gasteiger partial charge in [0, 0.05) is 22.6 Å². The largest absolute Gasteiger partial charge is 0.459 e. The summed E-state index contributed by atoms with van der Waals surface area (Å²) in [6, 6.07) is 19.9. The predicted molar refractivity (Wildman–Crippen MR) is 125 cm³/mol.